The number of hydrogen-bond donors (Lipinski definition) is 1. The number of carbonyl (C=O) groups excluding carboxylic acids is 1. The molecular formula is C18H22ClN5O3. The van der Waals surface area contributed by atoms with E-state index in [1.54, 1.807) is 0 Å². The zero-order valence-electron chi connectivity index (χ0n) is 14.8. The predicted octanol–water partition coefficient (Wildman–Crippen LogP) is 1.25. The summed E-state index contributed by atoms with van der Waals surface area (Å²) in [6.07, 6.45) is 3.51. The minimum atomic E-state index is -1.08. The molecule has 144 valence electrons. The highest BCUT2D eigenvalue weighted by molar-refractivity contribution is 5.85. The lowest BCUT2D eigenvalue weighted by Crippen LogP contribution is -2.53. The maximum atomic E-state index is 12.6. The van der Waals surface area contributed by atoms with E-state index in [1.807, 2.05) is 29.2 Å². The third-order valence-corrected chi connectivity index (χ3v) is 5.12. The van der Waals surface area contributed by atoms with Gasteiger partial charge in [0, 0.05) is 19.6 Å². The van der Waals surface area contributed by atoms with E-state index in [4.69, 9.17) is 5.11 Å². The van der Waals surface area contributed by atoms with Crippen LogP contribution in [-0.4, -0.2) is 67.5 Å². The lowest BCUT2D eigenvalue weighted by Gasteiger charge is -2.36. The Morgan fingerprint density at radius 2 is 1.81 bits per heavy atom. The molecule has 2 saturated heterocycles. The summed E-state index contributed by atoms with van der Waals surface area (Å²) in [7, 11) is 0. The number of aromatic nitrogens is 3. The average molecular weight is 392 g/mol. The molecule has 0 aliphatic carbocycles. The van der Waals surface area contributed by atoms with E-state index in [2.05, 4.69) is 15.2 Å². The van der Waals surface area contributed by atoms with Crippen LogP contribution in [-0.2, 0) is 17.9 Å². The molecule has 1 atom stereocenters. The molecule has 0 saturated carbocycles. The van der Waals surface area contributed by atoms with Crippen LogP contribution in [0.1, 0.15) is 34.5 Å². The summed E-state index contributed by atoms with van der Waals surface area (Å²) in [5.74, 6) is -0.833. The number of carbonyl (C=O) groups is 2. The Kier molecular flexibility index (Phi) is 5.76. The maximum absolute atomic E-state index is 12.6. The summed E-state index contributed by atoms with van der Waals surface area (Å²) in [6.45, 7) is 3.89. The SMILES string of the molecule is Cl.O=C(O)c1cn(Cc2ccc(CN3CCN4CCCC4C3=O)cc2)nn1. The molecule has 1 amide bonds. The monoisotopic (exact) mass is 391 g/mol. The van der Waals surface area contributed by atoms with Crippen molar-refractivity contribution in [1.29, 1.82) is 0 Å². The summed E-state index contributed by atoms with van der Waals surface area (Å²) in [6, 6.07) is 8.07. The van der Waals surface area contributed by atoms with E-state index in [-0.39, 0.29) is 30.0 Å². The van der Waals surface area contributed by atoms with Crippen molar-refractivity contribution < 1.29 is 14.7 Å². The highest BCUT2D eigenvalue weighted by atomic mass is 35.5. The average Bonchev–Trinajstić information content (AvgIpc) is 3.29. The molecule has 2 aliphatic rings. The first kappa shape index (κ1) is 19.3. The molecule has 2 fully saturated rings. The molecule has 1 unspecified atom stereocenters. The number of rotatable bonds is 5. The Hall–Kier alpha value is -2.45. The molecule has 9 heteroatoms. The summed E-state index contributed by atoms with van der Waals surface area (Å²) in [4.78, 5) is 27.7. The predicted molar refractivity (Wildman–Crippen MR) is 99.8 cm³/mol. The van der Waals surface area contributed by atoms with Crippen molar-refractivity contribution in [2.45, 2.75) is 32.0 Å². The minimum Gasteiger partial charge on any atom is -0.476 e. The summed E-state index contributed by atoms with van der Waals surface area (Å²) >= 11 is 0. The molecule has 1 N–H and O–H groups in total. The second-order valence-corrected chi connectivity index (χ2v) is 6.88. The Bertz CT molecular complexity index is 823. The standard InChI is InChI=1S/C18H21N5O3.ClH/c24-17-16-2-1-7-21(16)8-9-22(17)10-13-3-5-14(6-4-13)11-23-12-15(18(25)26)19-20-23;/h3-6,12,16H,1-2,7-11H2,(H,25,26);1H. The number of piperazine rings is 1. The Morgan fingerprint density at radius 1 is 1.11 bits per heavy atom. The Balaban J connectivity index is 0.00000210. The maximum Gasteiger partial charge on any atom is 0.358 e. The van der Waals surface area contributed by atoms with E-state index < -0.39 is 5.97 Å². The quantitative estimate of drug-likeness (QED) is 0.824. The number of hydrogen-bond acceptors (Lipinski definition) is 5. The highest BCUT2D eigenvalue weighted by Crippen LogP contribution is 2.23. The molecule has 0 radical (unpaired) electrons. The number of amides is 1. The molecule has 2 aliphatic heterocycles. The van der Waals surface area contributed by atoms with E-state index in [1.165, 1.54) is 10.9 Å². The van der Waals surface area contributed by atoms with Gasteiger partial charge >= 0.3 is 5.97 Å². The van der Waals surface area contributed by atoms with E-state index in [0.717, 1.165) is 43.6 Å². The van der Waals surface area contributed by atoms with Crippen molar-refractivity contribution in [2.24, 2.45) is 0 Å². The molecule has 1 aromatic heterocycles. The van der Waals surface area contributed by atoms with Crippen molar-refractivity contribution in [2.75, 3.05) is 19.6 Å². The van der Waals surface area contributed by atoms with Gasteiger partial charge in [0.05, 0.1) is 18.8 Å². The fraction of sp³-hybridized carbons (Fsp3) is 0.444. The van der Waals surface area contributed by atoms with Gasteiger partial charge in [-0.3, -0.25) is 9.69 Å². The molecule has 0 bridgehead atoms. The van der Waals surface area contributed by atoms with E-state index >= 15 is 0 Å². The summed E-state index contributed by atoms with van der Waals surface area (Å²) in [5.41, 5.74) is 2.03. The number of fused-ring (bicyclic) bond motifs is 1. The van der Waals surface area contributed by atoms with Gasteiger partial charge in [0.1, 0.15) is 0 Å². The molecule has 4 rings (SSSR count). The largest absolute Gasteiger partial charge is 0.476 e. The number of aromatic carboxylic acids is 1. The van der Waals surface area contributed by atoms with Crippen LogP contribution in [0.4, 0.5) is 0 Å². The second kappa shape index (κ2) is 8.06. The van der Waals surface area contributed by atoms with Gasteiger partial charge in [0.2, 0.25) is 5.91 Å². The fourth-order valence-corrected chi connectivity index (χ4v) is 3.73. The van der Waals surface area contributed by atoms with Crippen LogP contribution >= 0.6 is 12.4 Å². The van der Waals surface area contributed by atoms with Crippen LogP contribution in [0, 0.1) is 0 Å². The first-order valence-electron chi connectivity index (χ1n) is 8.84. The van der Waals surface area contributed by atoms with Crippen LogP contribution in [0.5, 0.6) is 0 Å². The van der Waals surface area contributed by atoms with Crippen molar-refractivity contribution in [3.05, 3.63) is 47.3 Å². The molecule has 8 nitrogen and oxygen atoms in total. The first-order valence-corrected chi connectivity index (χ1v) is 8.84. The number of carboxylic acids is 1. The van der Waals surface area contributed by atoms with Crippen LogP contribution in [0.3, 0.4) is 0 Å². The molecule has 2 aromatic rings. The molecule has 3 heterocycles. The van der Waals surface area contributed by atoms with Gasteiger partial charge in [0.15, 0.2) is 5.69 Å². The summed E-state index contributed by atoms with van der Waals surface area (Å²) in [5, 5.41) is 16.3. The van der Waals surface area contributed by atoms with Crippen molar-refractivity contribution in [3.63, 3.8) is 0 Å². The topological polar surface area (TPSA) is 91.6 Å². The molecular weight excluding hydrogens is 370 g/mol. The normalized spacial score (nSPS) is 19.6. The second-order valence-electron chi connectivity index (χ2n) is 6.88. The Labute approximate surface area is 163 Å². The Morgan fingerprint density at radius 3 is 2.48 bits per heavy atom. The zero-order valence-corrected chi connectivity index (χ0v) is 15.6. The third kappa shape index (κ3) is 4.12. The van der Waals surface area contributed by atoms with Gasteiger partial charge in [-0.15, -0.1) is 17.5 Å². The van der Waals surface area contributed by atoms with Crippen LogP contribution in [0.2, 0.25) is 0 Å². The van der Waals surface area contributed by atoms with Gasteiger partial charge in [-0.1, -0.05) is 29.5 Å². The van der Waals surface area contributed by atoms with Crippen molar-refractivity contribution in [3.8, 4) is 0 Å². The van der Waals surface area contributed by atoms with Gasteiger partial charge in [0.25, 0.3) is 0 Å². The lowest BCUT2D eigenvalue weighted by molar-refractivity contribution is -0.140. The van der Waals surface area contributed by atoms with Gasteiger partial charge in [-0.25, -0.2) is 9.48 Å². The number of nitrogens with zero attached hydrogens (tertiary/aromatic N) is 5. The molecule has 27 heavy (non-hydrogen) atoms. The van der Waals surface area contributed by atoms with Crippen molar-refractivity contribution in [1.82, 2.24) is 24.8 Å². The summed E-state index contributed by atoms with van der Waals surface area (Å²) < 4.78 is 1.50. The molecule has 1 aromatic carbocycles. The number of halogens is 1. The fourth-order valence-electron chi connectivity index (χ4n) is 3.73. The van der Waals surface area contributed by atoms with E-state index in [0.29, 0.717) is 13.1 Å². The van der Waals surface area contributed by atoms with Crippen LogP contribution in [0.15, 0.2) is 30.5 Å². The van der Waals surface area contributed by atoms with Crippen LogP contribution in [0.25, 0.3) is 0 Å². The highest BCUT2D eigenvalue weighted by Gasteiger charge is 2.37. The van der Waals surface area contributed by atoms with E-state index in [9.17, 15) is 9.59 Å². The number of carboxylic acid groups (broad SMARTS) is 1. The van der Waals surface area contributed by atoms with Crippen molar-refractivity contribution >= 4 is 24.3 Å². The molecule has 0 spiro atoms. The lowest BCUT2D eigenvalue weighted by atomic mass is 10.1. The first-order chi connectivity index (χ1) is 12.6. The zero-order chi connectivity index (χ0) is 18.1. The minimum absolute atomic E-state index is 0. The smallest absolute Gasteiger partial charge is 0.358 e. The van der Waals surface area contributed by atoms with Gasteiger partial charge in [-0.2, -0.15) is 0 Å². The van der Waals surface area contributed by atoms with Gasteiger partial charge in [-0.05, 0) is 30.5 Å². The third-order valence-electron chi connectivity index (χ3n) is 5.12. The van der Waals surface area contributed by atoms with Gasteiger partial charge < -0.3 is 10.0 Å². The number of benzene rings is 1. The van der Waals surface area contributed by atoms with Crippen LogP contribution < -0.4 is 0 Å².